The highest BCUT2D eigenvalue weighted by Crippen LogP contribution is 2.31. The topological polar surface area (TPSA) is 109 Å². The number of carbonyl (C=O) groups is 3. The van der Waals surface area contributed by atoms with Crippen LogP contribution in [-0.4, -0.2) is 36.4 Å². The largest absolute Gasteiger partial charge is 0.468 e. The number of anilines is 2. The molecule has 2 amide bonds. The predicted molar refractivity (Wildman–Crippen MR) is 116 cm³/mol. The molecule has 1 heterocycles. The fraction of sp³-hybridized carbons (Fsp3) is 0.429. The lowest BCUT2D eigenvalue weighted by Gasteiger charge is -2.14. The van der Waals surface area contributed by atoms with E-state index in [-0.39, 0.29) is 24.2 Å². The molecular weight excluding hydrogens is 404 g/mol. The lowest BCUT2D eigenvalue weighted by atomic mass is 9.94. The van der Waals surface area contributed by atoms with Gasteiger partial charge in [0.15, 0.2) is 10.9 Å². The van der Waals surface area contributed by atoms with Gasteiger partial charge in [-0.3, -0.25) is 14.9 Å². The zero-order valence-corrected chi connectivity index (χ0v) is 17.9. The van der Waals surface area contributed by atoms with Crippen LogP contribution < -0.4 is 16.0 Å². The van der Waals surface area contributed by atoms with Gasteiger partial charge in [-0.2, -0.15) is 0 Å². The smallest absolute Gasteiger partial charge is 0.325 e. The summed E-state index contributed by atoms with van der Waals surface area (Å²) in [7, 11) is 1.33. The van der Waals surface area contributed by atoms with Gasteiger partial charge < -0.3 is 15.4 Å². The van der Waals surface area contributed by atoms with E-state index in [2.05, 4.69) is 25.7 Å². The molecule has 1 fully saturated rings. The predicted octanol–water partition coefficient (Wildman–Crippen LogP) is 3.73. The van der Waals surface area contributed by atoms with Crippen molar-refractivity contribution in [1.82, 2.24) is 10.3 Å². The van der Waals surface area contributed by atoms with Crippen LogP contribution in [0, 0.1) is 12.8 Å². The van der Waals surface area contributed by atoms with Gasteiger partial charge in [0, 0.05) is 29.1 Å². The first-order valence-corrected chi connectivity index (χ1v) is 10.7. The number of Topliss-reactive ketones (excluding diaryl/α,β-unsaturated/α-hetero) is 1. The molecular formula is C21H26N4O4S. The quantitative estimate of drug-likeness (QED) is 0.435. The van der Waals surface area contributed by atoms with Crippen molar-refractivity contribution in [2.45, 2.75) is 39.2 Å². The standard InChI is InChI=1S/C21H26N4O4S/c1-13-7-8-17(16(9-13)19(27)14-5-3-4-6-14)24-20(28)25-21-23-11-15(30-21)10-22-12-18(26)29-2/h7-9,11,14,22H,3-6,10,12H2,1-2H3,(H2,23,24,25,28). The van der Waals surface area contributed by atoms with Crippen LogP contribution in [0.2, 0.25) is 0 Å². The maximum Gasteiger partial charge on any atom is 0.325 e. The Hall–Kier alpha value is -2.78. The highest BCUT2D eigenvalue weighted by atomic mass is 32.1. The number of nitrogens with zero attached hydrogens (tertiary/aromatic N) is 1. The Kier molecular flexibility index (Phi) is 7.53. The van der Waals surface area contributed by atoms with Crippen LogP contribution in [0.15, 0.2) is 24.4 Å². The number of aromatic nitrogens is 1. The Morgan fingerprint density at radius 3 is 2.70 bits per heavy atom. The highest BCUT2D eigenvalue weighted by molar-refractivity contribution is 7.15. The van der Waals surface area contributed by atoms with E-state index < -0.39 is 6.03 Å². The summed E-state index contributed by atoms with van der Waals surface area (Å²) in [5.41, 5.74) is 2.04. The molecule has 30 heavy (non-hydrogen) atoms. The summed E-state index contributed by atoms with van der Waals surface area (Å²) in [6.45, 7) is 2.47. The van der Waals surface area contributed by atoms with Crippen LogP contribution in [0.5, 0.6) is 0 Å². The molecule has 3 N–H and O–H groups in total. The number of rotatable bonds is 8. The Labute approximate surface area is 179 Å². The lowest BCUT2D eigenvalue weighted by Crippen LogP contribution is -2.23. The maximum atomic E-state index is 12.9. The van der Waals surface area contributed by atoms with Gasteiger partial charge in [-0.1, -0.05) is 24.5 Å². The van der Waals surface area contributed by atoms with E-state index in [4.69, 9.17) is 0 Å². The summed E-state index contributed by atoms with van der Waals surface area (Å²) < 4.78 is 4.57. The molecule has 1 aliphatic carbocycles. The Morgan fingerprint density at radius 2 is 1.97 bits per heavy atom. The minimum absolute atomic E-state index is 0.0365. The van der Waals surface area contributed by atoms with Gasteiger partial charge in [-0.05, 0) is 31.9 Å². The van der Waals surface area contributed by atoms with Gasteiger partial charge in [0.25, 0.3) is 0 Å². The van der Waals surface area contributed by atoms with E-state index in [1.54, 1.807) is 12.3 Å². The average Bonchev–Trinajstić information content (AvgIpc) is 3.41. The van der Waals surface area contributed by atoms with Crippen LogP contribution in [-0.2, 0) is 16.1 Å². The van der Waals surface area contributed by atoms with Crippen molar-refractivity contribution in [3.8, 4) is 0 Å². The van der Waals surface area contributed by atoms with E-state index in [1.807, 2.05) is 19.1 Å². The van der Waals surface area contributed by atoms with Crippen molar-refractivity contribution in [3.05, 3.63) is 40.4 Å². The second-order valence-electron chi connectivity index (χ2n) is 7.29. The lowest BCUT2D eigenvalue weighted by molar-refractivity contribution is -0.139. The Morgan fingerprint density at radius 1 is 1.20 bits per heavy atom. The van der Waals surface area contributed by atoms with Crippen molar-refractivity contribution in [2.24, 2.45) is 5.92 Å². The monoisotopic (exact) mass is 430 g/mol. The van der Waals surface area contributed by atoms with E-state index in [0.29, 0.717) is 22.9 Å². The number of amides is 2. The molecule has 0 radical (unpaired) electrons. The van der Waals surface area contributed by atoms with Gasteiger partial charge in [-0.15, -0.1) is 11.3 Å². The summed E-state index contributed by atoms with van der Waals surface area (Å²) in [5, 5.41) is 8.85. The van der Waals surface area contributed by atoms with Crippen molar-refractivity contribution >= 4 is 39.9 Å². The second-order valence-corrected chi connectivity index (χ2v) is 8.40. The van der Waals surface area contributed by atoms with Crippen molar-refractivity contribution in [1.29, 1.82) is 0 Å². The Balaban J connectivity index is 1.60. The molecule has 1 aliphatic rings. The van der Waals surface area contributed by atoms with Gasteiger partial charge >= 0.3 is 12.0 Å². The number of methoxy groups -OCH3 is 1. The number of carbonyl (C=O) groups excluding carboxylic acids is 3. The van der Waals surface area contributed by atoms with E-state index in [1.165, 1.54) is 18.4 Å². The number of urea groups is 1. The molecule has 3 rings (SSSR count). The highest BCUT2D eigenvalue weighted by Gasteiger charge is 2.26. The molecule has 0 spiro atoms. The fourth-order valence-electron chi connectivity index (χ4n) is 3.44. The number of benzene rings is 1. The first-order chi connectivity index (χ1) is 14.5. The van der Waals surface area contributed by atoms with Crippen molar-refractivity contribution in [2.75, 3.05) is 24.3 Å². The molecule has 1 aromatic carbocycles. The average molecular weight is 431 g/mol. The van der Waals surface area contributed by atoms with Crippen LogP contribution in [0.3, 0.4) is 0 Å². The minimum atomic E-state index is -0.456. The van der Waals surface area contributed by atoms with Gasteiger partial charge in [0.05, 0.1) is 19.3 Å². The van der Waals surface area contributed by atoms with Crippen LogP contribution >= 0.6 is 11.3 Å². The fourth-order valence-corrected chi connectivity index (χ4v) is 4.21. The molecule has 0 atom stereocenters. The molecule has 2 aromatic rings. The third kappa shape index (κ3) is 5.87. The zero-order valence-electron chi connectivity index (χ0n) is 17.1. The molecule has 0 bridgehead atoms. The molecule has 160 valence electrons. The van der Waals surface area contributed by atoms with Crippen LogP contribution in [0.1, 0.15) is 46.5 Å². The molecule has 8 nitrogen and oxygen atoms in total. The molecule has 0 unspecified atom stereocenters. The number of esters is 1. The maximum absolute atomic E-state index is 12.9. The van der Waals surface area contributed by atoms with E-state index in [0.717, 1.165) is 36.1 Å². The number of thiazole rings is 1. The summed E-state index contributed by atoms with van der Waals surface area (Å²) >= 11 is 1.30. The summed E-state index contributed by atoms with van der Waals surface area (Å²) in [6, 6.07) is 5.02. The number of ether oxygens (including phenoxy) is 1. The molecule has 0 aliphatic heterocycles. The third-order valence-corrected chi connectivity index (χ3v) is 5.90. The van der Waals surface area contributed by atoms with Crippen molar-refractivity contribution in [3.63, 3.8) is 0 Å². The van der Waals surface area contributed by atoms with Crippen molar-refractivity contribution < 1.29 is 19.1 Å². The number of aryl methyl sites for hydroxylation is 1. The van der Waals surface area contributed by atoms with Gasteiger partial charge in [0.2, 0.25) is 0 Å². The minimum Gasteiger partial charge on any atom is -0.468 e. The summed E-state index contributed by atoms with van der Waals surface area (Å²) in [5.74, 6) is -0.215. The van der Waals surface area contributed by atoms with Gasteiger partial charge in [0.1, 0.15) is 0 Å². The summed E-state index contributed by atoms with van der Waals surface area (Å²) in [6.07, 6.45) is 5.60. The first kappa shape index (κ1) is 21.9. The summed E-state index contributed by atoms with van der Waals surface area (Å²) in [4.78, 5) is 41.5. The van der Waals surface area contributed by atoms with E-state index in [9.17, 15) is 14.4 Å². The second kappa shape index (κ2) is 10.3. The molecule has 1 aromatic heterocycles. The molecule has 9 heteroatoms. The van der Waals surface area contributed by atoms with Gasteiger partial charge in [-0.25, -0.2) is 9.78 Å². The Bertz CT molecular complexity index is 921. The van der Waals surface area contributed by atoms with Crippen LogP contribution in [0.4, 0.5) is 15.6 Å². The van der Waals surface area contributed by atoms with Crippen LogP contribution in [0.25, 0.3) is 0 Å². The number of hydrogen-bond acceptors (Lipinski definition) is 7. The van der Waals surface area contributed by atoms with E-state index >= 15 is 0 Å². The third-order valence-electron chi connectivity index (χ3n) is 4.98. The number of hydrogen-bond donors (Lipinski definition) is 3. The normalized spacial score (nSPS) is 13.8. The molecule has 1 saturated carbocycles. The zero-order chi connectivity index (χ0) is 21.5. The number of nitrogens with one attached hydrogen (secondary N) is 3. The number of ketones is 1. The SMILES string of the molecule is COC(=O)CNCc1cnc(NC(=O)Nc2ccc(C)cc2C(=O)C2CCCC2)s1. The first-order valence-electron chi connectivity index (χ1n) is 9.91. The molecule has 0 saturated heterocycles.